The fraction of sp³-hybridized carbons (Fsp3) is 0.500. The van der Waals surface area contributed by atoms with Crippen molar-refractivity contribution in [1.29, 1.82) is 0 Å². The van der Waals surface area contributed by atoms with Gasteiger partial charge >= 0.3 is 19.4 Å². The van der Waals surface area contributed by atoms with Gasteiger partial charge < -0.3 is 24.2 Å². The summed E-state index contributed by atoms with van der Waals surface area (Å²) in [4.78, 5) is 37.9. The molecule has 1 aromatic heterocycles. The van der Waals surface area contributed by atoms with E-state index in [1.807, 2.05) is 0 Å². The Bertz CT molecular complexity index is 1180. The molecular formula is C22H30N3O10P. The van der Waals surface area contributed by atoms with E-state index < -0.39 is 74.7 Å². The predicted molar refractivity (Wildman–Crippen MR) is 126 cm³/mol. The molecule has 1 aliphatic rings. The maximum absolute atomic E-state index is 13.6. The Hall–Kier alpha value is -2.80. The number of aromatic amines is 1. The minimum Gasteiger partial charge on any atom is -0.462 e. The van der Waals surface area contributed by atoms with Crippen molar-refractivity contribution in [2.45, 2.75) is 51.4 Å². The molecule has 0 bridgehead atoms. The first kappa shape index (κ1) is 27.8. The zero-order valence-corrected chi connectivity index (χ0v) is 20.9. The van der Waals surface area contributed by atoms with Gasteiger partial charge in [0.1, 0.15) is 17.9 Å². The highest BCUT2D eigenvalue weighted by Gasteiger charge is 2.46. The number of hydrogen-bond donors (Lipinski definition) is 4. The number of para-hydroxylation sites is 1. The number of hydrogen-bond acceptors (Lipinski definition) is 10. The number of carbonyl (C=O) groups excluding carboxylic acids is 1. The zero-order chi connectivity index (χ0) is 26.5. The lowest BCUT2D eigenvalue weighted by Crippen LogP contribution is -2.37. The van der Waals surface area contributed by atoms with Crippen LogP contribution in [0.2, 0.25) is 0 Å². The minimum atomic E-state index is -4.22. The van der Waals surface area contributed by atoms with Crippen LogP contribution >= 0.6 is 7.75 Å². The Balaban J connectivity index is 1.79. The molecule has 13 nitrogen and oxygen atoms in total. The van der Waals surface area contributed by atoms with Crippen LogP contribution in [-0.4, -0.2) is 63.3 Å². The highest BCUT2D eigenvalue weighted by atomic mass is 31.2. The summed E-state index contributed by atoms with van der Waals surface area (Å²) in [5.74, 6) is -1.41. The number of aliphatic hydroxyl groups is 2. The van der Waals surface area contributed by atoms with Gasteiger partial charge in [-0.1, -0.05) is 18.2 Å². The Labute approximate surface area is 206 Å². The molecular weight excluding hydrogens is 497 g/mol. The summed E-state index contributed by atoms with van der Waals surface area (Å²) < 4.78 is 36.6. The third-order valence-electron chi connectivity index (χ3n) is 5.29. The lowest BCUT2D eigenvalue weighted by molar-refractivity contribution is -0.149. The van der Waals surface area contributed by atoms with Crippen molar-refractivity contribution in [3.8, 4) is 5.75 Å². The molecule has 2 aromatic rings. The van der Waals surface area contributed by atoms with Crippen LogP contribution in [0.3, 0.4) is 0 Å². The van der Waals surface area contributed by atoms with Gasteiger partial charge in [0.2, 0.25) is 0 Å². The van der Waals surface area contributed by atoms with E-state index in [9.17, 15) is 29.2 Å². The van der Waals surface area contributed by atoms with Gasteiger partial charge in [-0.3, -0.25) is 23.7 Å². The van der Waals surface area contributed by atoms with Crippen LogP contribution < -0.4 is 20.9 Å². The average Bonchev–Trinajstić information content (AvgIpc) is 3.13. The molecule has 0 aliphatic carbocycles. The predicted octanol–water partition coefficient (Wildman–Crippen LogP) is 0.537. The molecule has 1 aliphatic heterocycles. The SMILES string of the molecule is CC(C)OC(=O)[C@H](C)NP(=O)(OC[C@H]1O[C@@H](n2ccc(=O)[nH]c2=O)[C@H](O)[C@@H]1CO)Oc1ccccc1. The smallest absolute Gasteiger partial charge is 0.459 e. The molecule has 198 valence electrons. The topological polar surface area (TPSA) is 178 Å². The summed E-state index contributed by atoms with van der Waals surface area (Å²) in [6, 6.07) is 8.13. The number of nitrogens with zero attached hydrogens (tertiary/aromatic N) is 1. The van der Waals surface area contributed by atoms with Crippen LogP contribution in [0, 0.1) is 5.92 Å². The zero-order valence-electron chi connectivity index (χ0n) is 20.0. The average molecular weight is 527 g/mol. The van der Waals surface area contributed by atoms with E-state index in [-0.39, 0.29) is 5.75 Å². The Morgan fingerprint density at radius 2 is 1.92 bits per heavy atom. The van der Waals surface area contributed by atoms with Crippen molar-refractivity contribution in [2.24, 2.45) is 5.92 Å². The molecule has 6 atom stereocenters. The minimum absolute atomic E-state index is 0.196. The Morgan fingerprint density at radius 3 is 2.53 bits per heavy atom. The van der Waals surface area contributed by atoms with Crippen LogP contribution in [0.1, 0.15) is 27.0 Å². The van der Waals surface area contributed by atoms with E-state index in [2.05, 4.69) is 10.1 Å². The van der Waals surface area contributed by atoms with E-state index in [0.717, 1.165) is 16.8 Å². The lowest BCUT2D eigenvalue weighted by Gasteiger charge is -2.25. The van der Waals surface area contributed by atoms with Crippen molar-refractivity contribution < 1.29 is 38.1 Å². The number of carbonyl (C=O) groups is 1. The first-order chi connectivity index (χ1) is 17.0. The van der Waals surface area contributed by atoms with E-state index in [4.69, 9.17) is 18.5 Å². The molecule has 4 N–H and O–H groups in total. The van der Waals surface area contributed by atoms with Crippen molar-refractivity contribution in [3.05, 3.63) is 63.4 Å². The summed E-state index contributed by atoms with van der Waals surface area (Å²) in [7, 11) is -4.22. The first-order valence-electron chi connectivity index (χ1n) is 11.3. The van der Waals surface area contributed by atoms with Gasteiger partial charge in [0.25, 0.3) is 5.56 Å². The highest BCUT2D eigenvalue weighted by Crippen LogP contribution is 2.46. The number of ether oxygens (including phenoxy) is 2. The van der Waals surface area contributed by atoms with Gasteiger partial charge in [0, 0.05) is 18.2 Å². The van der Waals surface area contributed by atoms with Crippen LogP contribution in [-0.2, 0) is 23.4 Å². The standard InChI is InChI=1S/C22H30N3O10P/c1-13(2)33-21(29)14(3)24-36(31,35-15-7-5-4-6-8-15)32-12-17-16(11-26)19(28)20(34-17)25-10-9-18(27)23-22(25)30/h4-10,13-14,16-17,19-20,26,28H,11-12H2,1-3H3,(H,24,31)(H,23,27,30)/t14-,16+,17+,19+,20+,36?/m0/s1. The molecule has 0 spiro atoms. The first-order valence-corrected chi connectivity index (χ1v) is 12.8. The van der Waals surface area contributed by atoms with Crippen molar-refractivity contribution in [2.75, 3.05) is 13.2 Å². The molecule has 1 unspecified atom stereocenters. The monoisotopic (exact) mass is 527 g/mol. The van der Waals surface area contributed by atoms with Crippen molar-refractivity contribution >= 4 is 13.7 Å². The molecule has 1 aromatic carbocycles. The van der Waals surface area contributed by atoms with Gasteiger partial charge in [-0.05, 0) is 32.9 Å². The number of esters is 1. The Kier molecular flexibility index (Phi) is 9.23. The second kappa shape index (κ2) is 12.0. The van der Waals surface area contributed by atoms with Gasteiger partial charge in [0.15, 0.2) is 6.23 Å². The number of nitrogens with one attached hydrogen (secondary N) is 2. The third kappa shape index (κ3) is 6.90. The fourth-order valence-corrected chi connectivity index (χ4v) is 5.05. The fourth-order valence-electron chi connectivity index (χ4n) is 3.54. The van der Waals surface area contributed by atoms with E-state index in [1.54, 1.807) is 44.2 Å². The molecule has 0 radical (unpaired) electrons. The van der Waals surface area contributed by atoms with Crippen LogP contribution in [0.25, 0.3) is 0 Å². The van der Waals surface area contributed by atoms with Crippen LogP contribution in [0.4, 0.5) is 0 Å². The second-order valence-corrected chi connectivity index (χ2v) is 10.1. The molecule has 3 rings (SSSR count). The van der Waals surface area contributed by atoms with Gasteiger partial charge in [-0.15, -0.1) is 0 Å². The number of H-pyrrole nitrogens is 1. The number of aliphatic hydroxyl groups excluding tert-OH is 2. The number of aromatic nitrogens is 2. The number of rotatable bonds is 11. The summed E-state index contributed by atoms with van der Waals surface area (Å²) in [5.41, 5.74) is -1.44. The van der Waals surface area contributed by atoms with Gasteiger partial charge in [-0.25, -0.2) is 9.36 Å². The summed E-state index contributed by atoms with van der Waals surface area (Å²) in [6.07, 6.45) is -2.87. The quantitative estimate of drug-likeness (QED) is 0.237. The number of benzene rings is 1. The molecule has 0 saturated carbocycles. The summed E-state index contributed by atoms with van der Waals surface area (Å²) in [5, 5.41) is 23.0. The molecule has 1 saturated heterocycles. The molecule has 14 heteroatoms. The maximum atomic E-state index is 13.6. The summed E-state index contributed by atoms with van der Waals surface area (Å²) >= 11 is 0. The molecule has 0 amide bonds. The normalized spacial score (nSPS) is 24.3. The van der Waals surface area contributed by atoms with Gasteiger partial charge in [-0.2, -0.15) is 5.09 Å². The Morgan fingerprint density at radius 1 is 1.22 bits per heavy atom. The third-order valence-corrected chi connectivity index (χ3v) is 6.94. The maximum Gasteiger partial charge on any atom is 0.459 e. The largest absolute Gasteiger partial charge is 0.462 e. The lowest BCUT2D eigenvalue weighted by atomic mass is 9.99. The van der Waals surface area contributed by atoms with E-state index in [1.165, 1.54) is 6.92 Å². The van der Waals surface area contributed by atoms with Crippen LogP contribution in [0.15, 0.2) is 52.2 Å². The van der Waals surface area contributed by atoms with Crippen LogP contribution in [0.5, 0.6) is 5.75 Å². The second-order valence-electron chi connectivity index (χ2n) is 8.45. The van der Waals surface area contributed by atoms with E-state index >= 15 is 0 Å². The molecule has 1 fully saturated rings. The summed E-state index contributed by atoms with van der Waals surface area (Å²) in [6.45, 7) is 3.78. The van der Waals surface area contributed by atoms with Crippen molar-refractivity contribution in [1.82, 2.24) is 14.6 Å². The molecule has 2 heterocycles. The van der Waals surface area contributed by atoms with E-state index in [0.29, 0.717) is 0 Å². The van der Waals surface area contributed by atoms with Gasteiger partial charge in [0.05, 0.1) is 25.4 Å². The molecule has 36 heavy (non-hydrogen) atoms. The van der Waals surface area contributed by atoms with Crippen molar-refractivity contribution in [3.63, 3.8) is 0 Å². The highest BCUT2D eigenvalue weighted by molar-refractivity contribution is 7.52.